The molecule has 1 amide bonds. The van der Waals surface area contributed by atoms with E-state index in [0.717, 1.165) is 45.3 Å². The van der Waals surface area contributed by atoms with Crippen molar-refractivity contribution in [3.63, 3.8) is 0 Å². The lowest BCUT2D eigenvalue weighted by atomic mass is 9.89. The van der Waals surface area contributed by atoms with Crippen LogP contribution < -0.4 is 5.32 Å². The van der Waals surface area contributed by atoms with E-state index in [9.17, 15) is 4.79 Å². The van der Waals surface area contributed by atoms with E-state index in [1.807, 2.05) is 0 Å². The Balaban J connectivity index is 2.43. The molecule has 1 rings (SSSR count). The first-order valence-corrected chi connectivity index (χ1v) is 7.59. The number of nitrogens with zero attached hydrogens (tertiary/aromatic N) is 1. The average Bonchev–Trinajstić information content (AvgIpc) is 2.36. The van der Waals surface area contributed by atoms with Crippen LogP contribution in [0.3, 0.4) is 0 Å². The van der Waals surface area contributed by atoms with E-state index in [-0.39, 0.29) is 0 Å². The second-order valence-corrected chi connectivity index (χ2v) is 5.89. The SMILES string of the molecule is CCNC1CCN(C(=O)CCC(C)C)CC1CC. The maximum Gasteiger partial charge on any atom is 0.222 e. The minimum atomic E-state index is 0.358. The summed E-state index contributed by atoms with van der Waals surface area (Å²) in [5.74, 6) is 1.61. The van der Waals surface area contributed by atoms with E-state index >= 15 is 0 Å². The second-order valence-electron chi connectivity index (χ2n) is 5.89. The van der Waals surface area contributed by atoms with E-state index in [1.165, 1.54) is 0 Å². The van der Waals surface area contributed by atoms with Crippen LogP contribution in [0.4, 0.5) is 0 Å². The zero-order valence-electron chi connectivity index (χ0n) is 12.5. The zero-order valence-corrected chi connectivity index (χ0v) is 12.5. The third-order valence-corrected chi connectivity index (χ3v) is 4.01. The molecule has 3 nitrogen and oxygen atoms in total. The van der Waals surface area contributed by atoms with Crippen LogP contribution in [0.25, 0.3) is 0 Å². The summed E-state index contributed by atoms with van der Waals surface area (Å²) < 4.78 is 0. The Morgan fingerprint density at radius 2 is 2.11 bits per heavy atom. The van der Waals surface area contributed by atoms with Gasteiger partial charge in [-0.15, -0.1) is 0 Å². The third-order valence-electron chi connectivity index (χ3n) is 4.01. The van der Waals surface area contributed by atoms with Gasteiger partial charge in [0.15, 0.2) is 0 Å². The van der Waals surface area contributed by atoms with Gasteiger partial charge in [-0.05, 0) is 31.2 Å². The van der Waals surface area contributed by atoms with Gasteiger partial charge in [-0.1, -0.05) is 34.1 Å². The molecular formula is C15H30N2O. The molecule has 1 aliphatic heterocycles. The van der Waals surface area contributed by atoms with Crippen molar-refractivity contribution in [1.29, 1.82) is 0 Å². The molecule has 1 N–H and O–H groups in total. The van der Waals surface area contributed by atoms with Crippen LogP contribution in [0.1, 0.15) is 53.4 Å². The maximum atomic E-state index is 12.1. The molecule has 0 radical (unpaired) electrons. The van der Waals surface area contributed by atoms with Gasteiger partial charge in [0.1, 0.15) is 0 Å². The number of hydrogen-bond acceptors (Lipinski definition) is 2. The topological polar surface area (TPSA) is 32.3 Å². The van der Waals surface area contributed by atoms with Crippen LogP contribution in [0.2, 0.25) is 0 Å². The Hall–Kier alpha value is -0.570. The van der Waals surface area contributed by atoms with Crippen LogP contribution >= 0.6 is 0 Å². The van der Waals surface area contributed by atoms with Gasteiger partial charge in [-0.25, -0.2) is 0 Å². The number of piperidine rings is 1. The highest BCUT2D eigenvalue weighted by Gasteiger charge is 2.29. The number of carbonyl (C=O) groups excluding carboxylic acids is 1. The van der Waals surface area contributed by atoms with Gasteiger partial charge in [0, 0.05) is 25.6 Å². The number of hydrogen-bond donors (Lipinski definition) is 1. The summed E-state index contributed by atoms with van der Waals surface area (Å²) in [5, 5.41) is 3.56. The number of amides is 1. The van der Waals surface area contributed by atoms with Crippen molar-refractivity contribution < 1.29 is 4.79 Å². The summed E-state index contributed by atoms with van der Waals surface area (Å²) in [7, 11) is 0. The van der Waals surface area contributed by atoms with E-state index in [4.69, 9.17) is 0 Å². The van der Waals surface area contributed by atoms with Gasteiger partial charge < -0.3 is 10.2 Å². The Bertz CT molecular complexity index is 253. The highest BCUT2D eigenvalue weighted by Crippen LogP contribution is 2.21. The minimum absolute atomic E-state index is 0.358. The molecule has 0 spiro atoms. The predicted octanol–water partition coefficient (Wildman–Crippen LogP) is 2.66. The first-order valence-electron chi connectivity index (χ1n) is 7.59. The summed E-state index contributed by atoms with van der Waals surface area (Å²) in [6.45, 7) is 11.7. The van der Waals surface area contributed by atoms with Crippen molar-refractivity contribution in [3.8, 4) is 0 Å². The molecule has 18 heavy (non-hydrogen) atoms. The fraction of sp³-hybridized carbons (Fsp3) is 0.933. The molecule has 0 bridgehead atoms. The Morgan fingerprint density at radius 1 is 1.39 bits per heavy atom. The van der Waals surface area contributed by atoms with Gasteiger partial charge in [-0.2, -0.15) is 0 Å². The molecule has 2 atom stereocenters. The molecule has 106 valence electrons. The molecule has 1 aliphatic rings. The normalized spacial score (nSPS) is 24.6. The molecule has 3 heteroatoms. The van der Waals surface area contributed by atoms with E-state index in [0.29, 0.717) is 23.8 Å². The maximum absolute atomic E-state index is 12.1. The number of likely N-dealkylation sites (tertiary alicyclic amines) is 1. The lowest BCUT2D eigenvalue weighted by Crippen LogP contribution is -2.50. The second kappa shape index (κ2) is 7.78. The third kappa shape index (κ3) is 4.60. The average molecular weight is 254 g/mol. The lowest BCUT2D eigenvalue weighted by molar-refractivity contribution is -0.133. The quantitative estimate of drug-likeness (QED) is 0.790. The van der Waals surface area contributed by atoms with E-state index < -0.39 is 0 Å². The lowest BCUT2D eigenvalue weighted by Gasteiger charge is -2.38. The molecule has 0 aliphatic carbocycles. The van der Waals surface area contributed by atoms with Crippen molar-refractivity contribution in [1.82, 2.24) is 10.2 Å². The monoisotopic (exact) mass is 254 g/mol. The summed E-state index contributed by atoms with van der Waals surface area (Å²) in [6.07, 6.45) is 4.01. The van der Waals surface area contributed by atoms with Crippen LogP contribution in [0, 0.1) is 11.8 Å². The summed E-state index contributed by atoms with van der Waals surface area (Å²) in [6, 6.07) is 0.606. The molecule has 1 fully saturated rings. The van der Waals surface area contributed by atoms with Crippen LogP contribution in [-0.2, 0) is 4.79 Å². The van der Waals surface area contributed by atoms with Gasteiger partial charge in [-0.3, -0.25) is 4.79 Å². The van der Waals surface area contributed by atoms with Crippen molar-refractivity contribution in [2.75, 3.05) is 19.6 Å². The van der Waals surface area contributed by atoms with Crippen LogP contribution in [0.5, 0.6) is 0 Å². The fourth-order valence-electron chi connectivity index (χ4n) is 2.77. The molecule has 0 aromatic rings. The Labute approximate surface area is 112 Å². The molecule has 0 saturated carbocycles. The summed E-state index contributed by atoms with van der Waals surface area (Å²) in [4.78, 5) is 14.2. The predicted molar refractivity (Wildman–Crippen MR) is 76.5 cm³/mol. The first-order chi connectivity index (χ1) is 8.58. The Kier molecular flexibility index (Phi) is 6.69. The molecule has 0 aromatic carbocycles. The van der Waals surface area contributed by atoms with Gasteiger partial charge in [0.05, 0.1) is 0 Å². The number of rotatable bonds is 6. The van der Waals surface area contributed by atoms with E-state index in [2.05, 4.69) is 37.9 Å². The fourth-order valence-corrected chi connectivity index (χ4v) is 2.77. The van der Waals surface area contributed by atoms with Crippen molar-refractivity contribution in [3.05, 3.63) is 0 Å². The first kappa shape index (κ1) is 15.5. The highest BCUT2D eigenvalue weighted by molar-refractivity contribution is 5.76. The van der Waals surface area contributed by atoms with Gasteiger partial charge in [0.25, 0.3) is 0 Å². The molecular weight excluding hydrogens is 224 g/mol. The summed E-state index contributed by atoms with van der Waals surface area (Å²) in [5.41, 5.74) is 0. The number of nitrogens with one attached hydrogen (secondary N) is 1. The molecule has 2 unspecified atom stereocenters. The Morgan fingerprint density at radius 3 is 2.67 bits per heavy atom. The van der Waals surface area contributed by atoms with Crippen molar-refractivity contribution in [2.45, 2.75) is 59.4 Å². The highest BCUT2D eigenvalue weighted by atomic mass is 16.2. The molecule has 0 aromatic heterocycles. The van der Waals surface area contributed by atoms with Gasteiger partial charge >= 0.3 is 0 Å². The standard InChI is InChI=1S/C15H30N2O/c1-5-13-11-17(10-9-14(13)16-6-2)15(18)8-7-12(3)4/h12-14,16H,5-11H2,1-4H3. The largest absolute Gasteiger partial charge is 0.342 e. The van der Waals surface area contributed by atoms with Crippen LogP contribution in [-0.4, -0.2) is 36.5 Å². The molecule has 1 heterocycles. The van der Waals surface area contributed by atoms with Gasteiger partial charge in [0.2, 0.25) is 5.91 Å². The zero-order chi connectivity index (χ0) is 13.5. The summed E-state index contributed by atoms with van der Waals surface area (Å²) >= 11 is 0. The number of carbonyl (C=O) groups is 1. The van der Waals surface area contributed by atoms with E-state index in [1.54, 1.807) is 0 Å². The van der Waals surface area contributed by atoms with Crippen molar-refractivity contribution >= 4 is 5.91 Å². The van der Waals surface area contributed by atoms with Crippen molar-refractivity contribution in [2.24, 2.45) is 11.8 Å². The minimum Gasteiger partial charge on any atom is -0.342 e. The molecule has 1 saturated heterocycles. The smallest absolute Gasteiger partial charge is 0.222 e. The van der Waals surface area contributed by atoms with Crippen LogP contribution in [0.15, 0.2) is 0 Å².